The van der Waals surface area contributed by atoms with Crippen LogP contribution in [0.1, 0.15) is 51.0 Å². The molecule has 0 heterocycles. The summed E-state index contributed by atoms with van der Waals surface area (Å²) in [5.41, 5.74) is 1.48. The van der Waals surface area contributed by atoms with Gasteiger partial charge in [-0.25, -0.2) is 0 Å². The Labute approximate surface area is 115 Å². The van der Waals surface area contributed by atoms with Crippen molar-refractivity contribution >= 4 is 5.97 Å². The summed E-state index contributed by atoms with van der Waals surface area (Å²) in [6.45, 7) is 4.40. The number of rotatable bonds is 2. The van der Waals surface area contributed by atoms with Crippen molar-refractivity contribution in [3.05, 3.63) is 29.8 Å². The topological polar surface area (TPSA) is 26.3 Å². The van der Waals surface area contributed by atoms with E-state index in [-0.39, 0.29) is 11.4 Å². The molecule has 102 valence electrons. The van der Waals surface area contributed by atoms with Gasteiger partial charge in [0.1, 0.15) is 5.75 Å². The first-order valence-corrected chi connectivity index (χ1v) is 7.31. The molecule has 3 saturated carbocycles. The van der Waals surface area contributed by atoms with Gasteiger partial charge in [0.2, 0.25) is 0 Å². The average Bonchev–Trinajstić information content (AvgIpc) is 2.42. The van der Waals surface area contributed by atoms with E-state index in [0.717, 1.165) is 19.3 Å². The molecule has 3 aliphatic carbocycles. The van der Waals surface area contributed by atoms with Crippen molar-refractivity contribution in [2.45, 2.75) is 52.4 Å². The summed E-state index contributed by atoms with van der Waals surface area (Å²) in [4.78, 5) is 12.5. The summed E-state index contributed by atoms with van der Waals surface area (Å²) in [5, 5.41) is 0. The van der Waals surface area contributed by atoms with Crippen molar-refractivity contribution in [2.75, 3.05) is 0 Å². The Balaban J connectivity index is 1.72. The maximum absolute atomic E-state index is 12.5. The second-order valence-electron chi connectivity index (χ2n) is 6.79. The van der Waals surface area contributed by atoms with E-state index in [2.05, 4.69) is 6.92 Å². The van der Waals surface area contributed by atoms with Gasteiger partial charge in [-0.2, -0.15) is 0 Å². The van der Waals surface area contributed by atoms with Crippen LogP contribution in [-0.2, 0) is 4.79 Å². The number of fused-ring (bicyclic) bond motifs is 3. The van der Waals surface area contributed by atoms with Crippen LogP contribution in [0.15, 0.2) is 24.3 Å². The Morgan fingerprint density at radius 2 is 1.53 bits per heavy atom. The van der Waals surface area contributed by atoms with Crippen molar-refractivity contribution in [1.29, 1.82) is 0 Å². The van der Waals surface area contributed by atoms with Crippen LogP contribution in [0.25, 0.3) is 0 Å². The lowest BCUT2D eigenvalue weighted by molar-refractivity contribution is -0.155. The minimum atomic E-state index is -0.192. The van der Waals surface area contributed by atoms with Gasteiger partial charge in [-0.15, -0.1) is 0 Å². The molecule has 1 aromatic rings. The predicted molar refractivity (Wildman–Crippen MR) is 75.1 cm³/mol. The van der Waals surface area contributed by atoms with E-state index in [1.165, 1.54) is 24.8 Å². The summed E-state index contributed by atoms with van der Waals surface area (Å²) < 4.78 is 5.62. The molecule has 0 spiro atoms. The van der Waals surface area contributed by atoms with Crippen molar-refractivity contribution in [3.8, 4) is 5.75 Å². The molecule has 2 bridgehead atoms. The van der Waals surface area contributed by atoms with Crippen molar-refractivity contribution in [3.63, 3.8) is 0 Å². The molecule has 0 aromatic heterocycles. The molecule has 3 aliphatic rings. The molecular weight excluding hydrogens is 236 g/mol. The maximum Gasteiger partial charge on any atom is 0.317 e. The molecule has 4 rings (SSSR count). The third-order valence-corrected chi connectivity index (χ3v) is 5.29. The van der Waals surface area contributed by atoms with E-state index >= 15 is 0 Å². The average molecular weight is 258 g/mol. The number of hydrogen-bond donors (Lipinski definition) is 0. The Bertz CT molecular complexity index is 462. The van der Waals surface area contributed by atoms with Crippen molar-refractivity contribution in [2.24, 2.45) is 10.8 Å². The second kappa shape index (κ2) is 4.36. The number of hydrogen-bond acceptors (Lipinski definition) is 2. The molecule has 2 heteroatoms. The Hall–Kier alpha value is -1.31. The van der Waals surface area contributed by atoms with Crippen LogP contribution < -0.4 is 4.74 Å². The molecule has 0 N–H and O–H groups in total. The predicted octanol–water partition coefficient (Wildman–Crippen LogP) is 4.26. The summed E-state index contributed by atoms with van der Waals surface area (Å²) >= 11 is 0. The largest absolute Gasteiger partial charge is 0.426 e. The molecule has 2 nitrogen and oxygen atoms in total. The minimum Gasteiger partial charge on any atom is -0.426 e. The van der Waals surface area contributed by atoms with Crippen LogP contribution in [0.4, 0.5) is 0 Å². The van der Waals surface area contributed by atoms with E-state index in [9.17, 15) is 4.79 Å². The Morgan fingerprint density at radius 1 is 1.00 bits per heavy atom. The number of carbonyl (C=O) groups is 1. The number of aryl methyl sites for hydroxylation is 1. The highest BCUT2D eigenvalue weighted by atomic mass is 16.5. The van der Waals surface area contributed by atoms with Gasteiger partial charge in [0.15, 0.2) is 0 Å². The van der Waals surface area contributed by atoms with Crippen LogP contribution in [0.5, 0.6) is 5.75 Å². The first-order valence-electron chi connectivity index (χ1n) is 7.31. The van der Waals surface area contributed by atoms with Gasteiger partial charge in [-0.05, 0) is 63.0 Å². The molecule has 0 aliphatic heterocycles. The zero-order valence-corrected chi connectivity index (χ0v) is 11.9. The van der Waals surface area contributed by atoms with Crippen LogP contribution in [0.2, 0.25) is 0 Å². The molecule has 0 saturated heterocycles. The number of esters is 1. The van der Waals surface area contributed by atoms with Crippen LogP contribution in [-0.4, -0.2) is 5.97 Å². The Morgan fingerprint density at radius 3 is 2.05 bits per heavy atom. The van der Waals surface area contributed by atoms with Gasteiger partial charge < -0.3 is 4.74 Å². The zero-order chi connectivity index (χ0) is 13.5. The summed E-state index contributed by atoms with van der Waals surface area (Å²) in [5.74, 6) is 0.682. The Kier molecular flexibility index (Phi) is 2.92. The van der Waals surface area contributed by atoms with Gasteiger partial charge in [0.25, 0.3) is 0 Å². The van der Waals surface area contributed by atoms with E-state index in [0.29, 0.717) is 11.2 Å². The highest BCUT2D eigenvalue weighted by Gasteiger charge is 2.51. The fourth-order valence-electron chi connectivity index (χ4n) is 3.50. The van der Waals surface area contributed by atoms with Gasteiger partial charge in [0.05, 0.1) is 5.41 Å². The van der Waals surface area contributed by atoms with E-state index < -0.39 is 0 Å². The minimum absolute atomic E-state index is 0.00176. The summed E-state index contributed by atoms with van der Waals surface area (Å²) in [7, 11) is 0. The lowest BCUT2D eigenvalue weighted by Gasteiger charge is -2.50. The lowest BCUT2D eigenvalue weighted by atomic mass is 9.54. The van der Waals surface area contributed by atoms with Gasteiger partial charge in [-0.1, -0.05) is 24.6 Å². The van der Waals surface area contributed by atoms with E-state index in [1.807, 2.05) is 31.2 Å². The monoisotopic (exact) mass is 258 g/mol. The summed E-state index contributed by atoms with van der Waals surface area (Å²) in [6, 6.07) is 7.75. The lowest BCUT2D eigenvalue weighted by Crippen LogP contribution is -2.46. The van der Waals surface area contributed by atoms with Gasteiger partial charge in [-0.3, -0.25) is 4.79 Å². The van der Waals surface area contributed by atoms with Gasteiger partial charge in [0, 0.05) is 0 Å². The SMILES string of the molecule is Cc1ccc(OC(=O)C23CCC(C)(CC2)CC3)cc1. The molecule has 0 radical (unpaired) electrons. The highest BCUT2D eigenvalue weighted by molar-refractivity contribution is 5.79. The third-order valence-electron chi connectivity index (χ3n) is 5.29. The molecule has 0 unspecified atom stereocenters. The molecule has 0 atom stereocenters. The number of ether oxygens (including phenoxy) is 1. The van der Waals surface area contributed by atoms with Crippen LogP contribution >= 0.6 is 0 Å². The summed E-state index contributed by atoms with van der Waals surface area (Å²) in [6.07, 6.45) is 6.55. The standard InChI is InChI=1S/C17H22O2/c1-13-3-5-14(6-4-13)19-15(18)17-10-7-16(2,8-11-17)9-12-17/h3-6H,7-12H2,1-2H3. The molecule has 3 fully saturated rings. The first-order chi connectivity index (χ1) is 9.01. The van der Waals surface area contributed by atoms with E-state index in [1.54, 1.807) is 0 Å². The quantitative estimate of drug-likeness (QED) is 0.585. The fourth-order valence-corrected chi connectivity index (χ4v) is 3.50. The fraction of sp³-hybridized carbons (Fsp3) is 0.588. The smallest absolute Gasteiger partial charge is 0.317 e. The first kappa shape index (κ1) is 12.7. The highest BCUT2D eigenvalue weighted by Crippen LogP contribution is 2.57. The molecular formula is C17H22O2. The molecule has 19 heavy (non-hydrogen) atoms. The number of carbonyl (C=O) groups excluding carboxylic acids is 1. The van der Waals surface area contributed by atoms with Gasteiger partial charge >= 0.3 is 5.97 Å². The number of benzene rings is 1. The normalized spacial score (nSPS) is 33.2. The third kappa shape index (κ3) is 2.29. The van der Waals surface area contributed by atoms with E-state index in [4.69, 9.17) is 4.74 Å². The van der Waals surface area contributed by atoms with Crippen molar-refractivity contribution < 1.29 is 9.53 Å². The maximum atomic E-state index is 12.5. The molecule has 1 aromatic carbocycles. The zero-order valence-electron chi connectivity index (χ0n) is 11.9. The molecule has 0 amide bonds. The van der Waals surface area contributed by atoms with Crippen molar-refractivity contribution in [1.82, 2.24) is 0 Å². The second-order valence-corrected chi connectivity index (χ2v) is 6.79. The van der Waals surface area contributed by atoms with Crippen LogP contribution in [0.3, 0.4) is 0 Å². The van der Waals surface area contributed by atoms with Crippen LogP contribution in [0, 0.1) is 17.8 Å².